The van der Waals surface area contributed by atoms with Gasteiger partial charge in [0.1, 0.15) is 0 Å². The number of ether oxygens (including phenoxy) is 1. The number of nitrogens with one attached hydrogen (secondary N) is 1. The Kier molecular flexibility index (Phi) is 7.09. The van der Waals surface area contributed by atoms with E-state index in [4.69, 9.17) is 4.74 Å². The summed E-state index contributed by atoms with van der Waals surface area (Å²) in [5, 5.41) is 14.6. The lowest BCUT2D eigenvalue weighted by molar-refractivity contribution is 0.0954. The molecule has 0 amide bonds. The molecule has 1 saturated heterocycles. The Morgan fingerprint density at radius 2 is 2.20 bits per heavy atom. The van der Waals surface area contributed by atoms with E-state index < -0.39 is 6.10 Å². The van der Waals surface area contributed by atoms with E-state index in [1.165, 1.54) is 5.71 Å². The highest BCUT2D eigenvalue weighted by atomic mass is 79.9. The number of hydrogen-bond acceptors (Lipinski definition) is 7. The summed E-state index contributed by atoms with van der Waals surface area (Å²) in [7, 11) is 1.58. The largest absolute Gasteiger partial charge is 0.480 e. The van der Waals surface area contributed by atoms with Crippen LogP contribution in [0.25, 0.3) is 11.0 Å². The van der Waals surface area contributed by atoms with Crippen LogP contribution in [-0.2, 0) is 0 Å². The van der Waals surface area contributed by atoms with Crippen LogP contribution in [0.5, 0.6) is 5.88 Å². The van der Waals surface area contributed by atoms with Crippen molar-refractivity contribution in [2.45, 2.75) is 37.8 Å². The first-order valence-corrected chi connectivity index (χ1v) is 11.3. The molecule has 0 spiro atoms. The molecule has 2 N–H and O–H groups in total. The molecule has 30 heavy (non-hydrogen) atoms. The lowest BCUT2D eigenvalue weighted by atomic mass is 10.0. The standard InChI is InChI=1S/C22H28BrN5O2/c1-30-22-18(23)12-19-21(27-22)17(5-9-25-19)20(29)14-28-10-6-15(7-11-28)26-13-16-4-2-3-8-24-16/h3,5,8-9,12,15,20,26,29H,2,4,6-7,10-11,13-14H2,1H3/t20-/m0/s1. The second-order valence-corrected chi connectivity index (χ2v) is 8.69. The van der Waals surface area contributed by atoms with Crippen molar-refractivity contribution in [2.75, 3.05) is 33.3 Å². The van der Waals surface area contributed by atoms with Gasteiger partial charge in [-0.15, -0.1) is 0 Å². The maximum atomic E-state index is 10.9. The summed E-state index contributed by atoms with van der Waals surface area (Å²) in [6, 6.07) is 4.24. The molecule has 4 heterocycles. The summed E-state index contributed by atoms with van der Waals surface area (Å²) in [6.45, 7) is 3.39. The van der Waals surface area contributed by atoms with Crippen LogP contribution < -0.4 is 10.1 Å². The van der Waals surface area contributed by atoms with Crippen LogP contribution in [-0.4, -0.2) is 65.0 Å². The number of aliphatic hydroxyl groups is 1. The van der Waals surface area contributed by atoms with Crippen LogP contribution in [0.3, 0.4) is 0 Å². The Labute approximate surface area is 185 Å². The van der Waals surface area contributed by atoms with Crippen molar-refractivity contribution in [3.05, 3.63) is 40.6 Å². The number of hydrogen-bond donors (Lipinski definition) is 2. The third kappa shape index (κ3) is 5.06. The van der Waals surface area contributed by atoms with E-state index in [1.54, 1.807) is 13.3 Å². The quantitative estimate of drug-likeness (QED) is 0.642. The number of likely N-dealkylation sites (tertiary alicyclic amines) is 1. The minimum atomic E-state index is -0.623. The predicted molar refractivity (Wildman–Crippen MR) is 122 cm³/mol. The van der Waals surface area contributed by atoms with Gasteiger partial charge in [0.05, 0.1) is 28.7 Å². The number of rotatable bonds is 7. The number of aliphatic hydroxyl groups excluding tert-OH is 1. The van der Waals surface area contributed by atoms with Crippen LogP contribution in [0.4, 0.5) is 0 Å². The van der Waals surface area contributed by atoms with Gasteiger partial charge in [-0.05, 0) is 66.8 Å². The van der Waals surface area contributed by atoms with Gasteiger partial charge >= 0.3 is 0 Å². The van der Waals surface area contributed by atoms with Crippen LogP contribution >= 0.6 is 15.9 Å². The molecule has 2 aliphatic heterocycles. The van der Waals surface area contributed by atoms with Crippen molar-refractivity contribution in [1.29, 1.82) is 0 Å². The average molecular weight is 474 g/mol. The highest BCUT2D eigenvalue weighted by molar-refractivity contribution is 9.10. The van der Waals surface area contributed by atoms with Gasteiger partial charge in [0.2, 0.25) is 5.88 Å². The molecule has 2 aromatic heterocycles. The second kappa shape index (κ2) is 9.96. The van der Waals surface area contributed by atoms with E-state index >= 15 is 0 Å². The van der Waals surface area contributed by atoms with E-state index in [-0.39, 0.29) is 0 Å². The number of pyridine rings is 2. The van der Waals surface area contributed by atoms with Gasteiger partial charge in [0.25, 0.3) is 0 Å². The first-order valence-electron chi connectivity index (χ1n) is 10.5. The molecule has 4 rings (SSSR count). The van der Waals surface area contributed by atoms with Gasteiger partial charge in [-0.1, -0.05) is 6.08 Å². The zero-order valence-electron chi connectivity index (χ0n) is 17.2. The Morgan fingerprint density at radius 3 is 2.93 bits per heavy atom. The molecule has 1 fully saturated rings. The molecular weight excluding hydrogens is 446 g/mol. The van der Waals surface area contributed by atoms with E-state index in [9.17, 15) is 5.11 Å². The summed E-state index contributed by atoms with van der Waals surface area (Å²) in [6.07, 6.45) is 9.43. The third-order valence-corrected chi connectivity index (χ3v) is 6.36. The maximum absolute atomic E-state index is 10.9. The molecule has 0 aliphatic carbocycles. The number of allylic oxidation sites excluding steroid dienone is 1. The molecule has 0 saturated carbocycles. The van der Waals surface area contributed by atoms with Crippen LogP contribution in [0.15, 0.2) is 40.1 Å². The summed E-state index contributed by atoms with van der Waals surface area (Å²) < 4.78 is 6.07. The second-order valence-electron chi connectivity index (χ2n) is 7.84. The number of aliphatic imine (C=N–C) groups is 1. The molecule has 1 atom stereocenters. The van der Waals surface area contributed by atoms with Crippen LogP contribution in [0.1, 0.15) is 37.4 Å². The Hall–Kier alpha value is -1.87. The fraction of sp³-hybridized carbons (Fsp3) is 0.500. The number of nitrogens with zero attached hydrogens (tertiary/aromatic N) is 4. The highest BCUT2D eigenvalue weighted by Crippen LogP contribution is 2.30. The number of aromatic nitrogens is 2. The number of β-amino-alcohol motifs (C(OH)–C–C–N with tert-alkyl or cyclic N) is 1. The number of fused-ring (bicyclic) bond motifs is 1. The Balaban J connectivity index is 1.34. The number of halogens is 1. The summed E-state index contributed by atoms with van der Waals surface area (Å²) in [5.41, 5.74) is 3.45. The van der Waals surface area contributed by atoms with Crippen molar-refractivity contribution in [3.63, 3.8) is 0 Å². The molecule has 0 unspecified atom stereocenters. The number of methoxy groups -OCH3 is 1. The van der Waals surface area contributed by atoms with Crippen molar-refractivity contribution in [3.8, 4) is 5.88 Å². The van der Waals surface area contributed by atoms with Crippen molar-refractivity contribution in [2.24, 2.45) is 4.99 Å². The fourth-order valence-corrected chi connectivity index (χ4v) is 4.54. The van der Waals surface area contributed by atoms with Crippen LogP contribution in [0, 0.1) is 0 Å². The Morgan fingerprint density at radius 1 is 1.37 bits per heavy atom. The molecule has 160 valence electrons. The zero-order chi connectivity index (χ0) is 20.9. The molecule has 2 aromatic rings. The molecule has 2 aliphatic rings. The van der Waals surface area contributed by atoms with E-state index in [0.29, 0.717) is 24.0 Å². The Bertz CT molecular complexity index is 941. The highest BCUT2D eigenvalue weighted by Gasteiger charge is 2.23. The zero-order valence-corrected chi connectivity index (χ0v) is 18.8. The van der Waals surface area contributed by atoms with E-state index in [0.717, 1.165) is 60.9 Å². The normalized spacial score (nSPS) is 19.1. The third-order valence-electron chi connectivity index (χ3n) is 5.79. The molecular formula is C22H28BrN5O2. The summed E-state index contributed by atoms with van der Waals surface area (Å²) >= 11 is 3.45. The maximum Gasteiger partial charge on any atom is 0.228 e. The van der Waals surface area contributed by atoms with Gasteiger partial charge in [-0.3, -0.25) is 9.98 Å². The van der Waals surface area contributed by atoms with Gasteiger partial charge in [0.15, 0.2) is 0 Å². The lowest BCUT2D eigenvalue weighted by Gasteiger charge is -2.33. The molecule has 8 heteroatoms. The first-order chi connectivity index (χ1) is 14.6. The predicted octanol–water partition coefficient (Wildman–Crippen LogP) is 3.24. The van der Waals surface area contributed by atoms with Crippen molar-refractivity contribution < 1.29 is 9.84 Å². The monoisotopic (exact) mass is 473 g/mol. The lowest BCUT2D eigenvalue weighted by Crippen LogP contribution is -2.45. The SMILES string of the molecule is COc1nc2c([C@@H](O)CN3CCC(NCC4=NC=CCC4)CC3)ccnc2cc1Br. The minimum Gasteiger partial charge on any atom is -0.480 e. The molecule has 7 nitrogen and oxygen atoms in total. The molecule has 0 radical (unpaired) electrons. The average Bonchev–Trinajstić information content (AvgIpc) is 2.78. The van der Waals surface area contributed by atoms with E-state index in [2.05, 4.69) is 47.2 Å². The van der Waals surface area contributed by atoms with Crippen LogP contribution in [0.2, 0.25) is 0 Å². The van der Waals surface area contributed by atoms with E-state index in [1.807, 2.05) is 18.3 Å². The van der Waals surface area contributed by atoms with Gasteiger partial charge in [-0.2, -0.15) is 0 Å². The first kappa shape index (κ1) is 21.4. The topological polar surface area (TPSA) is 82.9 Å². The van der Waals surface area contributed by atoms with Crippen molar-refractivity contribution >= 4 is 32.7 Å². The summed E-state index contributed by atoms with van der Waals surface area (Å²) in [5.74, 6) is 0.494. The number of piperidine rings is 1. The van der Waals surface area contributed by atoms with Crippen molar-refractivity contribution in [1.82, 2.24) is 20.2 Å². The fourth-order valence-electron chi connectivity index (χ4n) is 4.07. The molecule has 0 bridgehead atoms. The van der Waals surface area contributed by atoms with Gasteiger partial charge < -0.3 is 20.1 Å². The minimum absolute atomic E-state index is 0.494. The van der Waals surface area contributed by atoms with Gasteiger partial charge in [-0.25, -0.2) is 4.98 Å². The molecule has 0 aromatic carbocycles. The van der Waals surface area contributed by atoms with Gasteiger partial charge in [0, 0.05) is 42.8 Å². The summed E-state index contributed by atoms with van der Waals surface area (Å²) in [4.78, 5) is 15.7. The smallest absolute Gasteiger partial charge is 0.228 e.